The fraction of sp³-hybridized carbons (Fsp3) is 0.0545. The number of anilines is 5. The van der Waals surface area contributed by atoms with Crippen molar-refractivity contribution in [2.75, 3.05) is 10.2 Å². The first-order valence-electron chi connectivity index (χ1n) is 20.1. The molecule has 276 valence electrons. The van der Waals surface area contributed by atoms with Crippen molar-refractivity contribution >= 4 is 97.8 Å². The van der Waals surface area contributed by atoms with Gasteiger partial charge < -0.3 is 10.2 Å². The summed E-state index contributed by atoms with van der Waals surface area (Å²) in [6.07, 6.45) is 7.81. The minimum absolute atomic E-state index is 0.549. The molecule has 2 nitrogen and oxygen atoms in total. The number of benzene rings is 9. The summed E-state index contributed by atoms with van der Waals surface area (Å²) in [5, 5.41) is 14.0. The summed E-state index contributed by atoms with van der Waals surface area (Å²) in [6, 6.07) is 66.7. The van der Waals surface area contributed by atoms with Crippen LogP contribution in [0.1, 0.15) is 18.9 Å². The fourth-order valence-electron chi connectivity index (χ4n) is 8.99. The molecule has 1 aliphatic rings. The molecule has 0 bridgehead atoms. The molecule has 0 spiro atoms. The van der Waals surface area contributed by atoms with Crippen molar-refractivity contribution in [1.82, 2.24) is 0 Å². The summed E-state index contributed by atoms with van der Waals surface area (Å²) in [5.41, 5.74) is 10.6. The van der Waals surface area contributed by atoms with Crippen LogP contribution < -0.4 is 10.2 Å². The van der Waals surface area contributed by atoms with Crippen molar-refractivity contribution in [3.63, 3.8) is 0 Å². The summed E-state index contributed by atoms with van der Waals surface area (Å²) in [6.45, 7) is 2.29. The first kappa shape index (κ1) is 34.3. The van der Waals surface area contributed by atoms with Crippen molar-refractivity contribution < 1.29 is 0 Å². The molecule has 9 aromatic carbocycles. The quantitative estimate of drug-likeness (QED) is 0.163. The van der Waals surface area contributed by atoms with E-state index in [1.807, 2.05) is 11.3 Å². The average Bonchev–Trinajstić information content (AvgIpc) is 3.67. The Bertz CT molecular complexity index is 3240. The van der Waals surface area contributed by atoms with E-state index < -0.39 is 0 Å². The van der Waals surface area contributed by atoms with Gasteiger partial charge in [-0.05, 0) is 122 Å². The van der Waals surface area contributed by atoms with Gasteiger partial charge in [0.05, 0.1) is 10.4 Å². The van der Waals surface area contributed by atoms with Gasteiger partial charge in [0.2, 0.25) is 0 Å². The lowest BCUT2D eigenvalue weighted by molar-refractivity contribution is 0.749. The predicted molar refractivity (Wildman–Crippen MR) is 253 cm³/mol. The standard InChI is InChI=1S/C55H40N2S/c1-36-12-10-15-39(34-36)37-24-29-42(30-25-37)57(52-22-11-20-49-47-19-7-9-23-53(47)58-55(49)52)43-31-27-41(28-32-43)56-51-21-8-6-18-46(51)50-35-40-14-3-4-16-44(40)48-33-26-38-13-2-5-17-45(38)54(48)50/h2-33,35-36,56H,34H2,1H3. The fourth-order valence-corrected chi connectivity index (χ4v) is 10.2. The third-order valence-electron chi connectivity index (χ3n) is 11.8. The van der Waals surface area contributed by atoms with Crippen molar-refractivity contribution in [2.24, 2.45) is 5.92 Å². The highest BCUT2D eigenvalue weighted by Gasteiger charge is 2.20. The largest absolute Gasteiger partial charge is 0.355 e. The number of nitrogens with one attached hydrogen (secondary N) is 1. The SMILES string of the molecule is CC1C=CC=C(c2ccc(N(c3ccc(Nc4ccccc4-c4cc5ccccc5c5ccc6ccccc6c45)cc3)c3cccc4c3sc3ccccc34)cc2)C1. The van der Waals surface area contributed by atoms with Crippen LogP contribution in [0.5, 0.6) is 0 Å². The molecule has 1 N–H and O–H groups in total. The van der Waals surface area contributed by atoms with Crippen molar-refractivity contribution in [3.8, 4) is 11.1 Å². The summed E-state index contributed by atoms with van der Waals surface area (Å²) < 4.78 is 2.59. The molecule has 58 heavy (non-hydrogen) atoms. The van der Waals surface area contributed by atoms with Gasteiger partial charge in [-0.2, -0.15) is 0 Å². The highest BCUT2D eigenvalue weighted by atomic mass is 32.1. The summed E-state index contributed by atoms with van der Waals surface area (Å²) >= 11 is 1.87. The van der Waals surface area contributed by atoms with Gasteiger partial charge in [-0.3, -0.25) is 0 Å². The zero-order valence-corrected chi connectivity index (χ0v) is 33.0. The van der Waals surface area contributed by atoms with Crippen LogP contribution in [0.4, 0.5) is 28.4 Å². The maximum atomic E-state index is 3.84. The lowest BCUT2D eigenvalue weighted by Crippen LogP contribution is -2.10. The van der Waals surface area contributed by atoms with Crippen LogP contribution in [0.25, 0.3) is 69.2 Å². The number of fused-ring (bicyclic) bond motifs is 8. The average molecular weight is 761 g/mol. The molecule has 0 amide bonds. The van der Waals surface area contributed by atoms with Gasteiger partial charge in [0.15, 0.2) is 0 Å². The molecule has 0 saturated heterocycles. The molecule has 11 rings (SSSR count). The number of hydrogen-bond donors (Lipinski definition) is 1. The molecule has 0 aliphatic heterocycles. The first-order valence-corrected chi connectivity index (χ1v) is 21.0. The maximum Gasteiger partial charge on any atom is 0.0640 e. The van der Waals surface area contributed by atoms with E-state index in [0.29, 0.717) is 5.92 Å². The molecule has 0 radical (unpaired) electrons. The van der Waals surface area contributed by atoms with Crippen molar-refractivity contribution in [1.29, 1.82) is 0 Å². The topological polar surface area (TPSA) is 15.3 Å². The molecular weight excluding hydrogens is 721 g/mol. The molecule has 0 fully saturated rings. The third kappa shape index (κ3) is 5.95. The van der Waals surface area contributed by atoms with Gasteiger partial charge in [0.25, 0.3) is 0 Å². The Balaban J connectivity index is 1.01. The van der Waals surface area contributed by atoms with E-state index in [4.69, 9.17) is 0 Å². The minimum atomic E-state index is 0.549. The summed E-state index contributed by atoms with van der Waals surface area (Å²) in [7, 11) is 0. The van der Waals surface area contributed by atoms with Gasteiger partial charge in [-0.1, -0.05) is 146 Å². The number of rotatable bonds is 7. The number of nitrogens with zero attached hydrogens (tertiary/aromatic N) is 1. The predicted octanol–water partition coefficient (Wildman–Crippen LogP) is 16.4. The zero-order chi connectivity index (χ0) is 38.6. The normalized spacial score (nSPS) is 14.1. The van der Waals surface area contributed by atoms with Crippen LogP contribution in [0, 0.1) is 5.92 Å². The van der Waals surface area contributed by atoms with Gasteiger partial charge in [-0.15, -0.1) is 11.3 Å². The van der Waals surface area contributed by atoms with Gasteiger partial charge in [-0.25, -0.2) is 0 Å². The van der Waals surface area contributed by atoms with Crippen LogP contribution in [0.2, 0.25) is 0 Å². The van der Waals surface area contributed by atoms with Gasteiger partial charge >= 0.3 is 0 Å². The molecule has 1 aromatic heterocycles. The zero-order valence-electron chi connectivity index (χ0n) is 32.2. The Labute approximate surface area is 342 Å². The Morgan fingerprint density at radius 1 is 0.552 bits per heavy atom. The number of thiophene rings is 1. The Morgan fingerprint density at radius 2 is 1.24 bits per heavy atom. The highest BCUT2D eigenvalue weighted by molar-refractivity contribution is 7.26. The van der Waals surface area contributed by atoms with Crippen molar-refractivity contribution in [2.45, 2.75) is 13.3 Å². The Hall–Kier alpha value is -6.94. The number of allylic oxidation sites excluding steroid dienone is 4. The molecule has 1 unspecified atom stereocenters. The first-order chi connectivity index (χ1) is 28.7. The lowest BCUT2D eigenvalue weighted by Gasteiger charge is -2.27. The van der Waals surface area contributed by atoms with E-state index in [-0.39, 0.29) is 0 Å². The minimum Gasteiger partial charge on any atom is -0.355 e. The van der Waals surface area contributed by atoms with Crippen LogP contribution >= 0.6 is 11.3 Å². The highest BCUT2D eigenvalue weighted by Crippen LogP contribution is 2.46. The van der Waals surface area contributed by atoms with E-state index >= 15 is 0 Å². The van der Waals surface area contributed by atoms with Crippen LogP contribution in [0.15, 0.2) is 200 Å². The van der Waals surface area contributed by atoms with E-state index in [1.165, 1.54) is 80.4 Å². The van der Waals surface area contributed by atoms with Crippen LogP contribution in [-0.4, -0.2) is 0 Å². The van der Waals surface area contributed by atoms with Gasteiger partial charge in [0, 0.05) is 43.8 Å². The second-order valence-corrected chi connectivity index (χ2v) is 16.5. The van der Waals surface area contributed by atoms with E-state index in [9.17, 15) is 0 Å². The molecular formula is C55H40N2S. The van der Waals surface area contributed by atoms with Crippen LogP contribution in [0.3, 0.4) is 0 Å². The van der Waals surface area contributed by atoms with E-state index in [2.05, 4.69) is 217 Å². The molecule has 10 aromatic rings. The Morgan fingerprint density at radius 3 is 2.07 bits per heavy atom. The molecule has 1 atom stereocenters. The van der Waals surface area contributed by atoms with Gasteiger partial charge in [0.1, 0.15) is 0 Å². The number of para-hydroxylation sites is 1. The molecule has 0 saturated carbocycles. The van der Waals surface area contributed by atoms with E-state index in [0.717, 1.165) is 29.2 Å². The van der Waals surface area contributed by atoms with Crippen molar-refractivity contribution in [3.05, 3.63) is 206 Å². The summed E-state index contributed by atoms with van der Waals surface area (Å²) in [5.74, 6) is 0.549. The summed E-state index contributed by atoms with van der Waals surface area (Å²) in [4.78, 5) is 2.42. The number of hydrogen-bond acceptors (Lipinski definition) is 3. The molecule has 3 heteroatoms. The molecule has 1 heterocycles. The third-order valence-corrected chi connectivity index (χ3v) is 13.0. The second-order valence-electron chi connectivity index (χ2n) is 15.5. The van der Waals surface area contributed by atoms with E-state index in [1.54, 1.807) is 0 Å². The second kappa shape index (κ2) is 14.2. The maximum absolute atomic E-state index is 3.84. The Kier molecular flexibility index (Phi) is 8.41. The van der Waals surface area contributed by atoms with Crippen LogP contribution in [-0.2, 0) is 0 Å². The molecule has 1 aliphatic carbocycles. The monoisotopic (exact) mass is 760 g/mol. The smallest absolute Gasteiger partial charge is 0.0640 e. The lowest BCUT2D eigenvalue weighted by atomic mass is 9.89.